The highest BCUT2D eigenvalue weighted by molar-refractivity contribution is 5.58. The first-order valence-corrected chi connectivity index (χ1v) is 7.38. The molecule has 1 saturated heterocycles. The average molecular weight is 298 g/mol. The highest BCUT2D eigenvalue weighted by Crippen LogP contribution is 2.43. The highest BCUT2D eigenvalue weighted by Gasteiger charge is 2.43. The van der Waals surface area contributed by atoms with Crippen LogP contribution in [0.2, 0.25) is 0 Å². The molecule has 1 N–H and O–H groups in total. The normalized spacial score (nSPS) is 27.0. The molecular formula is C15H20F2N2O2. The van der Waals surface area contributed by atoms with Gasteiger partial charge in [0.1, 0.15) is 0 Å². The Morgan fingerprint density at radius 3 is 2.81 bits per heavy atom. The molecule has 0 bridgehead atoms. The number of fused-ring (bicyclic) bond motifs is 1. The van der Waals surface area contributed by atoms with Crippen LogP contribution in [0.1, 0.15) is 26.7 Å². The molecule has 1 aromatic carbocycles. The standard InChI is InChI=1S/C15H20F2N2O2/c1-3-18-11-6-7-19(10(2)8-11)12-4-5-13-14(9-12)21-15(16,17)20-13/h4-5,9-11,18H,3,6-8H2,1-2H3. The number of alkyl halides is 2. The molecule has 0 spiro atoms. The molecule has 0 saturated carbocycles. The molecule has 6 heteroatoms. The molecule has 1 fully saturated rings. The molecular weight excluding hydrogens is 278 g/mol. The second-order valence-corrected chi connectivity index (χ2v) is 5.62. The van der Waals surface area contributed by atoms with E-state index in [4.69, 9.17) is 0 Å². The van der Waals surface area contributed by atoms with Gasteiger partial charge in [0.2, 0.25) is 0 Å². The van der Waals surface area contributed by atoms with E-state index in [0.29, 0.717) is 12.1 Å². The van der Waals surface area contributed by atoms with E-state index < -0.39 is 6.29 Å². The van der Waals surface area contributed by atoms with Gasteiger partial charge in [0.25, 0.3) is 0 Å². The van der Waals surface area contributed by atoms with Crippen LogP contribution in [0.25, 0.3) is 0 Å². The zero-order valence-electron chi connectivity index (χ0n) is 12.2. The lowest BCUT2D eigenvalue weighted by Gasteiger charge is -2.39. The first kappa shape index (κ1) is 14.4. The molecule has 0 radical (unpaired) electrons. The summed E-state index contributed by atoms with van der Waals surface area (Å²) >= 11 is 0. The topological polar surface area (TPSA) is 33.7 Å². The number of halogens is 2. The van der Waals surface area contributed by atoms with Crippen molar-refractivity contribution in [3.8, 4) is 11.5 Å². The summed E-state index contributed by atoms with van der Waals surface area (Å²) in [7, 11) is 0. The van der Waals surface area contributed by atoms with Crippen molar-refractivity contribution < 1.29 is 18.3 Å². The minimum absolute atomic E-state index is 0.0962. The SMILES string of the molecule is CCNC1CCN(c2ccc3c(c2)OC(F)(F)O3)C(C)C1. The third-order valence-corrected chi connectivity index (χ3v) is 4.09. The van der Waals surface area contributed by atoms with Crippen LogP contribution >= 0.6 is 0 Å². The fourth-order valence-corrected chi connectivity index (χ4v) is 3.15. The van der Waals surface area contributed by atoms with Gasteiger partial charge in [-0.25, -0.2) is 0 Å². The molecule has 116 valence electrons. The lowest BCUT2D eigenvalue weighted by atomic mass is 9.97. The number of nitrogens with zero attached hydrogens (tertiary/aromatic N) is 1. The second kappa shape index (κ2) is 5.33. The largest absolute Gasteiger partial charge is 0.586 e. The van der Waals surface area contributed by atoms with E-state index in [2.05, 4.69) is 33.5 Å². The van der Waals surface area contributed by atoms with Gasteiger partial charge in [0.15, 0.2) is 11.5 Å². The van der Waals surface area contributed by atoms with Gasteiger partial charge in [0, 0.05) is 30.4 Å². The van der Waals surface area contributed by atoms with E-state index in [0.717, 1.165) is 31.6 Å². The summed E-state index contributed by atoms with van der Waals surface area (Å²) in [6, 6.07) is 5.88. The van der Waals surface area contributed by atoms with Crippen LogP contribution in [0.15, 0.2) is 18.2 Å². The van der Waals surface area contributed by atoms with E-state index in [9.17, 15) is 8.78 Å². The lowest BCUT2D eigenvalue weighted by Crippen LogP contribution is -2.47. The minimum Gasteiger partial charge on any atom is -0.395 e. The van der Waals surface area contributed by atoms with Crippen LogP contribution in [0.3, 0.4) is 0 Å². The van der Waals surface area contributed by atoms with Crippen molar-refractivity contribution >= 4 is 5.69 Å². The number of benzene rings is 1. The molecule has 3 rings (SSSR count). The lowest BCUT2D eigenvalue weighted by molar-refractivity contribution is -0.286. The van der Waals surface area contributed by atoms with Gasteiger partial charge in [-0.3, -0.25) is 0 Å². The van der Waals surface area contributed by atoms with Crippen molar-refractivity contribution in [3.63, 3.8) is 0 Å². The monoisotopic (exact) mass is 298 g/mol. The average Bonchev–Trinajstić information content (AvgIpc) is 2.72. The Hall–Kier alpha value is -1.56. The smallest absolute Gasteiger partial charge is 0.395 e. The quantitative estimate of drug-likeness (QED) is 0.930. The molecule has 0 aliphatic carbocycles. The molecule has 2 aliphatic heterocycles. The van der Waals surface area contributed by atoms with Gasteiger partial charge < -0.3 is 19.7 Å². The maximum Gasteiger partial charge on any atom is 0.586 e. The predicted octanol–water partition coefficient (Wildman–Crippen LogP) is 2.97. The zero-order valence-corrected chi connectivity index (χ0v) is 12.2. The Bertz CT molecular complexity index is 524. The van der Waals surface area contributed by atoms with Crippen LogP contribution in [0.5, 0.6) is 11.5 Å². The Morgan fingerprint density at radius 1 is 1.33 bits per heavy atom. The molecule has 0 amide bonds. The molecule has 1 aromatic rings. The van der Waals surface area contributed by atoms with Gasteiger partial charge in [-0.1, -0.05) is 6.92 Å². The number of rotatable bonds is 3. The van der Waals surface area contributed by atoms with E-state index in [1.54, 1.807) is 12.1 Å². The number of anilines is 1. The predicted molar refractivity (Wildman–Crippen MR) is 76.2 cm³/mol. The van der Waals surface area contributed by atoms with E-state index in [-0.39, 0.29) is 11.5 Å². The van der Waals surface area contributed by atoms with Crippen LogP contribution in [0.4, 0.5) is 14.5 Å². The van der Waals surface area contributed by atoms with Crippen molar-refractivity contribution in [2.75, 3.05) is 18.0 Å². The van der Waals surface area contributed by atoms with Crippen molar-refractivity contribution in [2.24, 2.45) is 0 Å². The van der Waals surface area contributed by atoms with Crippen LogP contribution in [0, 0.1) is 0 Å². The Labute approximate surface area is 123 Å². The first-order valence-electron chi connectivity index (χ1n) is 7.38. The van der Waals surface area contributed by atoms with Gasteiger partial charge in [-0.2, -0.15) is 0 Å². The van der Waals surface area contributed by atoms with E-state index in [1.807, 2.05) is 6.07 Å². The Balaban J connectivity index is 1.74. The number of hydrogen-bond donors (Lipinski definition) is 1. The molecule has 2 heterocycles. The van der Waals surface area contributed by atoms with E-state index >= 15 is 0 Å². The van der Waals surface area contributed by atoms with Crippen molar-refractivity contribution in [3.05, 3.63) is 18.2 Å². The number of ether oxygens (including phenoxy) is 2. The molecule has 2 aliphatic rings. The van der Waals surface area contributed by atoms with Gasteiger partial charge in [-0.05, 0) is 38.4 Å². The van der Waals surface area contributed by atoms with Crippen molar-refractivity contribution in [1.29, 1.82) is 0 Å². The van der Waals surface area contributed by atoms with Gasteiger partial charge in [-0.15, -0.1) is 8.78 Å². The maximum atomic E-state index is 13.1. The molecule has 2 unspecified atom stereocenters. The summed E-state index contributed by atoms with van der Waals surface area (Å²) in [6.07, 6.45) is -1.47. The summed E-state index contributed by atoms with van der Waals surface area (Å²) in [5.41, 5.74) is 0.900. The molecule has 4 nitrogen and oxygen atoms in total. The van der Waals surface area contributed by atoms with Crippen LogP contribution in [-0.4, -0.2) is 31.5 Å². The van der Waals surface area contributed by atoms with Gasteiger partial charge in [0.05, 0.1) is 0 Å². The molecule has 0 aromatic heterocycles. The summed E-state index contributed by atoms with van der Waals surface area (Å²) in [6.45, 7) is 6.13. The van der Waals surface area contributed by atoms with Crippen molar-refractivity contribution in [2.45, 2.75) is 45.1 Å². The third kappa shape index (κ3) is 2.90. The van der Waals surface area contributed by atoms with E-state index in [1.165, 1.54) is 0 Å². The number of nitrogens with one attached hydrogen (secondary N) is 1. The number of hydrogen-bond acceptors (Lipinski definition) is 4. The first-order chi connectivity index (χ1) is 9.98. The summed E-state index contributed by atoms with van der Waals surface area (Å²) in [4.78, 5) is 2.23. The Kier molecular flexibility index (Phi) is 3.65. The molecule has 21 heavy (non-hydrogen) atoms. The summed E-state index contributed by atoms with van der Waals surface area (Å²) in [5, 5.41) is 3.47. The minimum atomic E-state index is -3.55. The summed E-state index contributed by atoms with van der Waals surface area (Å²) in [5.74, 6) is 0.206. The van der Waals surface area contributed by atoms with Crippen molar-refractivity contribution in [1.82, 2.24) is 5.32 Å². The summed E-state index contributed by atoms with van der Waals surface area (Å²) < 4.78 is 35.1. The fourth-order valence-electron chi connectivity index (χ4n) is 3.15. The van der Waals surface area contributed by atoms with Crippen LogP contribution < -0.4 is 19.7 Å². The van der Waals surface area contributed by atoms with Crippen LogP contribution in [-0.2, 0) is 0 Å². The highest BCUT2D eigenvalue weighted by atomic mass is 19.3. The van der Waals surface area contributed by atoms with Gasteiger partial charge >= 0.3 is 6.29 Å². The Morgan fingerprint density at radius 2 is 2.10 bits per heavy atom. The fraction of sp³-hybridized carbons (Fsp3) is 0.600. The molecule has 2 atom stereocenters. The number of piperidine rings is 1. The zero-order chi connectivity index (χ0) is 15.0. The second-order valence-electron chi connectivity index (χ2n) is 5.62. The third-order valence-electron chi connectivity index (χ3n) is 4.09. The maximum absolute atomic E-state index is 13.1.